The Morgan fingerprint density at radius 2 is 1.89 bits per heavy atom. The van der Waals surface area contributed by atoms with Crippen LogP contribution in [-0.4, -0.2) is 16.1 Å². The van der Waals surface area contributed by atoms with E-state index in [0.29, 0.717) is 5.56 Å². The van der Waals surface area contributed by atoms with Crippen molar-refractivity contribution in [1.29, 1.82) is 0 Å². The third-order valence-electron chi connectivity index (χ3n) is 2.37. The summed E-state index contributed by atoms with van der Waals surface area (Å²) in [5, 5.41) is 8.77. The number of halogens is 2. The zero-order valence-electron chi connectivity index (χ0n) is 9.23. The van der Waals surface area contributed by atoms with E-state index in [1.165, 1.54) is 6.20 Å². The van der Waals surface area contributed by atoms with Crippen molar-refractivity contribution in [1.82, 2.24) is 4.98 Å². The van der Waals surface area contributed by atoms with Gasteiger partial charge in [-0.1, -0.05) is 6.07 Å². The van der Waals surface area contributed by atoms with Gasteiger partial charge in [0.25, 0.3) is 0 Å². The minimum Gasteiger partial charge on any atom is -0.481 e. The van der Waals surface area contributed by atoms with Gasteiger partial charge in [0.1, 0.15) is 11.6 Å². The number of hydrogen-bond acceptors (Lipinski definition) is 2. The summed E-state index contributed by atoms with van der Waals surface area (Å²) >= 11 is 0. The number of rotatable bonds is 3. The van der Waals surface area contributed by atoms with Crippen molar-refractivity contribution in [2.75, 3.05) is 0 Å². The van der Waals surface area contributed by atoms with Crippen LogP contribution in [-0.2, 0) is 11.2 Å². The van der Waals surface area contributed by atoms with Crippen molar-refractivity contribution in [3.63, 3.8) is 0 Å². The fraction of sp³-hybridized carbons (Fsp3) is 0.0769. The normalized spacial score (nSPS) is 10.3. The van der Waals surface area contributed by atoms with Gasteiger partial charge in [0.05, 0.1) is 12.1 Å². The van der Waals surface area contributed by atoms with Crippen molar-refractivity contribution < 1.29 is 18.7 Å². The minimum absolute atomic E-state index is 0.226. The fourth-order valence-corrected chi connectivity index (χ4v) is 1.69. The summed E-state index contributed by atoms with van der Waals surface area (Å²) in [6, 6.07) is 6.15. The number of carboxylic acids is 1. The smallest absolute Gasteiger partial charge is 0.307 e. The molecule has 92 valence electrons. The van der Waals surface area contributed by atoms with Crippen LogP contribution < -0.4 is 0 Å². The van der Waals surface area contributed by atoms with Gasteiger partial charge in [-0.2, -0.15) is 0 Å². The predicted molar refractivity (Wildman–Crippen MR) is 60.9 cm³/mol. The van der Waals surface area contributed by atoms with Crippen molar-refractivity contribution in [2.45, 2.75) is 6.42 Å². The SMILES string of the molecule is O=C(O)Cc1cccnc1-c1cc(F)cc(F)c1. The molecule has 0 unspecified atom stereocenters. The molecular weight excluding hydrogens is 240 g/mol. The standard InChI is InChI=1S/C13H9F2NO2/c14-10-4-9(5-11(15)7-10)13-8(6-12(17)18)2-1-3-16-13/h1-5,7H,6H2,(H,17,18). The number of nitrogens with zero attached hydrogens (tertiary/aromatic N) is 1. The molecule has 0 aliphatic heterocycles. The van der Waals surface area contributed by atoms with Gasteiger partial charge in [-0.15, -0.1) is 0 Å². The van der Waals surface area contributed by atoms with Crippen LogP contribution in [0.3, 0.4) is 0 Å². The van der Waals surface area contributed by atoms with Crippen LogP contribution in [0.5, 0.6) is 0 Å². The van der Waals surface area contributed by atoms with Crippen LogP contribution in [0.1, 0.15) is 5.56 Å². The maximum atomic E-state index is 13.1. The van der Waals surface area contributed by atoms with E-state index in [1.54, 1.807) is 12.1 Å². The Hall–Kier alpha value is -2.30. The van der Waals surface area contributed by atoms with E-state index >= 15 is 0 Å². The molecule has 0 saturated carbocycles. The molecule has 2 aromatic rings. The topological polar surface area (TPSA) is 50.2 Å². The van der Waals surface area contributed by atoms with Crippen LogP contribution in [0.15, 0.2) is 36.5 Å². The fourth-order valence-electron chi connectivity index (χ4n) is 1.69. The number of aromatic nitrogens is 1. The quantitative estimate of drug-likeness (QED) is 0.909. The first-order valence-corrected chi connectivity index (χ1v) is 5.18. The molecule has 2 rings (SSSR count). The third kappa shape index (κ3) is 2.68. The van der Waals surface area contributed by atoms with Crippen LogP contribution in [0.4, 0.5) is 8.78 Å². The molecule has 18 heavy (non-hydrogen) atoms. The summed E-state index contributed by atoms with van der Waals surface area (Å²) < 4.78 is 26.2. The Morgan fingerprint density at radius 1 is 1.22 bits per heavy atom. The highest BCUT2D eigenvalue weighted by Gasteiger charge is 2.11. The average Bonchev–Trinajstić information content (AvgIpc) is 2.27. The average molecular weight is 249 g/mol. The summed E-state index contributed by atoms with van der Waals surface area (Å²) in [5.41, 5.74) is 0.914. The molecule has 0 aliphatic rings. The Balaban J connectivity index is 2.52. The molecule has 1 aromatic carbocycles. The number of pyridine rings is 1. The Morgan fingerprint density at radius 3 is 2.50 bits per heavy atom. The molecule has 0 aliphatic carbocycles. The Labute approximate surface area is 102 Å². The van der Waals surface area contributed by atoms with Gasteiger partial charge >= 0.3 is 5.97 Å². The highest BCUT2D eigenvalue weighted by Crippen LogP contribution is 2.23. The van der Waals surface area contributed by atoms with Gasteiger partial charge in [-0.05, 0) is 23.8 Å². The first-order chi connectivity index (χ1) is 8.56. The van der Waals surface area contributed by atoms with Crippen LogP contribution >= 0.6 is 0 Å². The first-order valence-electron chi connectivity index (χ1n) is 5.18. The van der Waals surface area contributed by atoms with Gasteiger partial charge in [0.2, 0.25) is 0 Å². The van der Waals surface area contributed by atoms with Crippen LogP contribution in [0.25, 0.3) is 11.3 Å². The van der Waals surface area contributed by atoms with Crippen molar-refractivity contribution in [3.8, 4) is 11.3 Å². The molecule has 1 heterocycles. The zero-order valence-corrected chi connectivity index (χ0v) is 9.23. The third-order valence-corrected chi connectivity index (χ3v) is 2.37. The number of hydrogen-bond donors (Lipinski definition) is 1. The second-order valence-electron chi connectivity index (χ2n) is 3.74. The monoisotopic (exact) mass is 249 g/mol. The number of aliphatic carboxylic acids is 1. The van der Waals surface area contributed by atoms with Gasteiger partial charge < -0.3 is 5.11 Å². The maximum Gasteiger partial charge on any atom is 0.307 e. The number of carboxylic acid groups (broad SMARTS) is 1. The summed E-state index contributed by atoms with van der Waals surface area (Å²) in [5.74, 6) is -2.48. The van der Waals surface area contributed by atoms with Gasteiger partial charge in [0.15, 0.2) is 0 Å². The highest BCUT2D eigenvalue weighted by atomic mass is 19.1. The molecule has 1 N–H and O–H groups in total. The van der Waals surface area contributed by atoms with Crippen molar-refractivity contribution in [3.05, 3.63) is 53.7 Å². The van der Waals surface area contributed by atoms with Crippen molar-refractivity contribution in [2.24, 2.45) is 0 Å². The lowest BCUT2D eigenvalue weighted by atomic mass is 10.0. The van der Waals surface area contributed by atoms with E-state index in [2.05, 4.69) is 4.98 Å². The molecule has 0 atom stereocenters. The summed E-state index contributed by atoms with van der Waals surface area (Å²) in [6.07, 6.45) is 1.20. The molecule has 0 saturated heterocycles. The van der Waals surface area contributed by atoms with E-state index in [0.717, 1.165) is 18.2 Å². The molecule has 0 amide bonds. The molecular formula is C13H9F2NO2. The zero-order chi connectivity index (χ0) is 13.1. The largest absolute Gasteiger partial charge is 0.481 e. The first kappa shape index (κ1) is 12.2. The van der Waals surface area contributed by atoms with Crippen molar-refractivity contribution >= 4 is 5.97 Å². The lowest BCUT2D eigenvalue weighted by Crippen LogP contribution is -2.03. The molecule has 0 radical (unpaired) electrons. The summed E-state index contributed by atoms with van der Waals surface area (Å²) in [6.45, 7) is 0. The van der Waals surface area contributed by atoms with E-state index in [9.17, 15) is 13.6 Å². The van der Waals surface area contributed by atoms with Crippen LogP contribution in [0, 0.1) is 11.6 Å². The number of benzene rings is 1. The summed E-state index contributed by atoms with van der Waals surface area (Å²) in [7, 11) is 0. The van der Waals surface area contributed by atoms with E-state index in [-0.39, 0.29) is 17.7 Å². The lowest BCUT2D eigenvalue weighted by molar-refractivity contribution is -0.136. The predicted octanol–water partition coefficient (Wildman–Crippen LogP) is 2.65. The summed E-state index contributed by atoms with van der Waals surface area (Å²) in [4.78, 5) is 14.7. The van der Waals surface area contributed by atoms with E-state index in [4.69, 9.17) is 5.11 Å². The van der Waals surface area contributed by atoms with Gasteiger partial charge in [0, 0.05) is 17.8 Å². The minimum atomic E-state index is -1.03. The lowest BCUT2D eigenvalue weighted by Gasteiger charge is -2.07. The second kappa shape index (κ2) is 4.91. The molecule has 3 nitrogen and oxygen atoms in total. The molecule has 0 fully saturated rings. The number of carbonyl (C=O) groups is 1. The second-order valence-corrected chi connectivity index (χ2v) is 3.74. The highest BCUT2D eigenvalue weighted by molar-refractivity contribution is 5.74. The molecule has 1 aromatic heterocycles. The molecule has 5 heteroatoms. The maximum absolute atomic E-state index is 13.1. The Bertz CT molecular complexity index is 579. The van der Waals surface area contributed by atoms with Gasteiger partial charge in [-0.25, -0.2) is 8.78 Å². The molecule has 0 bridgehead atoms. The molecule has 0 spiro atoms. The van der Waals surface area contributed by atoms with Gasteiger partial charge in [-0.3, -0.25) is 9.78 Å². The Kier molecular flexibility index (Phi) is 3.32. The van der Waals surface area contributed by atoms with E-state index in [1.807, 2.05) is 0 Å². The van der Waals surface area contributed by atoms with E-state index < -0.39 is 17.6 Å². The van der Waals surface area contributed by atoms with Crippen LogP contribution in [0.2, 0.25) is 0 Å².